The molecule has 1 aromatic carbocycles. The van der Waals surface area contributed by atoms with Gasteiger partial charge in [0.25, 0.3) is 18.4 Å². The van der Waals surface area contributed by atoms with Gasteiger partial charge >= 0.3 is 0 Å². The van der Waals surface area contributed by atoms with Crippen molar-refractivity contribution in [2.75, 3.05) is 5.32 Å². The first-order valence-corrected chi connectivity index (χ1v) is 10.1. The van der Waals surface area contributed by atoms with Gasteiger partial charge in [0, 0.05) is 11.8 Å². The summed E-state index contributed by atoms with van der Waals surface area (Å²) >= 11 is 3.14. The number of nitrogens with zero attached hydrogens (tertiary/aromatic N) is 3. The lowest BCUT2D eigenvalue weighted by Gasteiger charge is -2.21. The molecule has 3 aromatic rings. The maximum Gasteiger partial charge on any atom is 0.267 e. The zero-order chi connectivity index (χ0) is 22.5. The smallest absolute Gasteiger partial charge is 0.267 e. The number of aromatic nitrogens is 3. The molecular formula is C20H16BrF5N4O. The molecule has 1 N–H and O–H groups in total. The maximum absolute atomic E-state index is 14.5. The molecule has 0 aliphatic heterocycles. The van der Waals surface area contributed by atoms with Crippen molar-refractivity contribution < 1.29 is 22.0 Å². The molecule has 0 spiro atoms. The van der Waals surface area contributed by atoms with Gasteiger partial charge in [0.1, 0.15) is 28.0 Å². The zero-order valence-corrected chi connectivity index (χ0v) is 17.6. The number of hydrogen-bond donors (Lipinski definition) is 1. The minimum Gasteiger partial charge on any atom is -0.363 e. The van der Waals surface area contributed by atoms with Gasteiger partial charge in [-0.25, -0.2) is 31.9 Å². The van der Waals surface area contributed by atoms with E-state index >= 15 is 0 Å². The Morgan fingerprint density at radius 1 is 1.16 bits per heavy atom. The number of halogens is 6. The fourth-order valence-electron chi connectivity index (χ4n) is 3.58. The quantitative estimate of drug-likeness (QED) is 0.448. The molecule has 1 aliphatic carbocycles. The second kappa shape index (κ2) is 7.85. The highest BCUT2D eigenvalue weighted by atomic mass is 79.9. The Morgan fingerprint density at radius 3 is 2.45 bits per heavy atom. The third-order valence-corrected chi connectivity index (χ3v) is 6.23. The van der Waals surface area contributed by atoms with Crippen LogP contribution in [0, 0.1) is 5.82 Å². The molecule has 0 radical (unpaired) electrons. The fourth-order valence-corrected chi connectivity index (χ4v) is 4.09. The van der Waals surface area contributed by atoms with Crippen LogP contribution < -0.4 is 10.9 Å². The van der Waals surface area contributed by atoms with Gasteiger partial charge in [-0.3, -0.25) is 4.79 Å². The predicted molar refractivity (Wildman–Crippen MR) is 108 cm³/mol. The van der Waals surface area contributed by atoms with E-state index < -0.39 is 41.4 Å². The average Bonchev–Trinajstić information content (AvgIpc) is 3.53. The number of benzene rings is 1. The first-order chi connectivity index (χ1) is 14.7. The van der Waals surface area contributed by atoms with Crippen LogP contribution in [0.5, 0.6) is 0 Å². The number of fused-ring (bicyclic) bond motifs is 1. The first-order valence-electron chi connectivity index (χ1n) is 9.35. The minimum atomic E-state index is -2.97. The Hall–Kier alpha value is -2.56. The van der Waals surface area contributed by atoms with Crippen LogP contribution in [-0.4, -0.2) is 21.0 Å². The second-order valence-corrected chi connectivity index (χ2v) is 8.22. The molecule has 2 heterocycles. The fraction of sp³-hybridized carbons (Fsp3) is 0.350. The third-order valence-electron chi connectivity index (χ3n) is 5.52. The first kappa shape index (κ1) is 21.7. The summed E-state index contributed by atoms with van der Waals surface area (Å²) in [7, 11) is 0. The lowest BCUT2D eigenvalue weighted by molar-refractivity contribution is 0.0653. The van der Waals surface area contributed by atoms with Gasteiger partial charge in [-0.05, 0) is 35.7 Å². The highest BCUT2D eigenvalue weighted by Crippen LogP contribution is 2.48. The number of nitrogens with one attached hydrogen (secondary N) is 1. The van der Waals surface area contributed by atoms with E-state index in [1.165, 1.54) is 18.3 Å². The summed E-state index contributed by atoms with van der Waals surface area (Å²) in [6.45, 7) is 1.55. The van der Waals surface area contributed by atoms with Gasteiger partial charge in [-0.2, -0.15) is 0 Å². The van der Waals surface area contributed by atoms with Crippen LogP contribution in [0.2, 0.25) is 0 Å². The van der Waals surface area contributed by atoms with E-state index in [0.717, 1.165) is 17.0 Å². The normalized spacial score (nSPS) is 16.2. The van der Waals surface area contributed by atoms with E-state index in [4.69, 9.17) is 0 Å². The van der Waals surface area contributed by atoms with Crippen LogP contribution in [0.15, 0.2) is 40.0 Å². The lowest BCUT2D eigenvalue weighted by Crippen LogP contribution is -2.35. The Balaban J connectivity index is 1.80. The van der Waals surface area contributed by atoms with Gasteiger partial charge < -0.3 is 9.88 Å². The summed E-state index contributed by atoms with van der Waals surface area (Å²) in [6, 6.07) is 2.90. The Morgan fingerprint density at radius 2 is 1.84 bits per heavy atom. The standard InChI is InChI=1S/C20H16BrF5N4O/c1-9(10-3-2-4-11(14(10)22)16(23)24)29-17-12-7-30(20(5-6-20)19(25)26)18(31)13(21)15(12)27-8-28-17/h2-4,7-9,16,19H,5-6H2,1H3,(H,27,28,29)/t9-/m1/s1. The maximum atomic E-state index is 14.5. The van der Waals surface area contributed by atoms with Crippen molar-refractivity contribution in [1.29, 1.82) is 0 Å². The van der Waals surface area contributed by atoms with Gasteiger partial charge in [0.15, 0.2) is 0 Å². The summed E-state index contributed by atoms with van der Waals surface area (Å²) < 4.78 is 68.9. The van der Waals surface area contributed by atoms with E-state index in [1.807, 2.05) is 0 Å². The van der Waals surface area contributed by atoms with Crippen molar-refractivity contribution in [2.45, 2.75) is 44.2 Å². The number of hydrogen-bond acceptors (Lipinski definition) is 4. The molecule has 0 saturated heterocycles. The van der Waals surface area contributed by atoms with Crippen molar-refractivity contribution in [3.8, 4) is 0 Å². The van der Waals surface area contributed by atoms with E-state index in [9.17, 15) is 26.7 Å². The molecule has 31 heavy (non-hydrogen) atoms. The number of rotatable bonds is 6. The molecule has 11 heteroatoms. The van der Waals surface area contributed by atoms with E-state index in [2.05, 4.69) is 31.2 Å². The summed E-state index contributed by atoms with van der Waals surface area (Å²) in [4.78, 5) is 20.8. The second-order valence-electron chi connectivity index (χ2n) is 7.42. The Bertz CT molecular complexity index is 1210. The largest absolute Gasteiger partial charge is 0.363 e. The molecule has 1 atom stereocenters. The Labute approximate surface area is 181 Å². The molecular weight excluding hydrogens is 487 g/mol. The van der Waals surface area contributed by atoms with Crippen molar-refractivity contribution in [3.63, 3.8) is 0 Å². The third kappa shape index (κ3) is 3.58. The van der Waals surface area contributed by atoms with Crippen LogP contribution in [0.3, 0.4) is 0 Å². The monoisotopic (exact) mass is 502 g/mol. The highest BCUT2D eigenvalue weighted by molar-refractivity contribution is 9.10. The highest BCUT2D eigenvalue weighted by Gasteiger charge is 2.53. The van der Waals surface area contributed by atoms with Crippen LogP contribution in [0.4, 0.5) is 27.8 Å². The number of anilines is 1. The van der Waals surface area contributed by atoms with Gasteiger partial charge in [-0.1, -0.05) is 18.2 Å². The topological polar surface area (TPSA) is 59.8 Å². The molecule has 0 bridgehead atoms. The summed E-state index contributed by atoms with van der Waals surface area (Å²) in [5.74, 6) is -0.887. The van der Waals surface area contributed by atoms with Crippen molar-refractivity contribution >= 4 is 32.7 Å². The van der Waals surface area contributed by atoms with Crippen molar-refractivity contribution in [1.82, 2.24) is 14.5 Å². The Kier molecular flexibility index (Phi) is 5.48. The van der Waals surface area contributed by atoms with E-state index in [-0.39, 0.29) is 39.6 Å². The van der Waals surface area contributed by atoms with Crippen molar-refractivity contribution in [3.05, 3.63) is 62.5 Å². The molecule has 0 unspecified atom stereocenters. The summed E-state index contributed by atoms with van der Waals surface area (Å²) in [5.41, 5.74) is -2.76. The number of pyridine rings is 1. The van der Waals surface area contributed by atoms with Crippen LogP contribution in [0.25, 0.3) is 10.9 Å². The molecule has 1 fully saturated rings. The van der Waals surface area contributed by atoms with Crippen LogP contribution in [0.1, 0.15) is 43.4 Å². The minimum absolute atomic E-state index is 0.000839. The molecule has 1 aliphatic rings. The molecule has 2 aromatic heterocycles. The SMILES string of the molecule is C[C@@H](Nc1ncnc2c(Br)c(=O)n(C3(C(F)F)CC3)cc12)c1cccc(C(F)F)c1F. The zero-order valence-electron chi connectivity index (χ0n) is 16.1. The lowest BCUT2D eigenvalue weighted by atomic mass is 10.0. The van der Waals surface area contributed by atoms with E-state index in [1.54, 1.807) is 6.92 Å². The van der Waals surface area contributed by atoms with Gasteiger partial charge in [0.05, 0.1) is 22.5 Å². The predicted octanol–water partition coefficient (Wildman–Crippen LogP) is 5.56. The van der Waals surface area contributed by atoms with Crippen molar-refractivity contribution in [2.24, 2.45) is 0 Å². The summed E-state index contributed by atoms with van der Waals surface area (Å²) in [6.07, 6.45) is -2.97. The number of alkyl halides is 4. The van der Waals surface area contributed by atoms with Crippen LogP contribution >= 0.6 is 15.9 Å². The van der Waals surface area contributed by atoms with E-state index in [0.29, 0.717) is 0 Å². The van der Waals surface area contributed by atoms with Gasteiger partial charge in [0.2, 0.25) is 0 Å². The molecule has 1 saturated carbocycles. The molecule has 0 amide bonds. The summed E-state index contributed by atoms with van der Waals surface area (Å²) in [5, 5.41) is 3.19. The molecule has 4 rings (SSSR count). The average molecular weight is 503 g/mol. The van der Waals surface area contributed by atoms with Crippen LogP contribution in [-0.2, 0) is 5.54 Å². The van der Waals surface area contributed by atoms with Gasteiger partial charge in [-0.15, -0.1) is 0 Å². The molecule has 5 nitrogen and oxygen atoms in total. The molecule has 164 valence electrons.